The van der Waals surface area contributed by atoms with Crippen molar-refractivity contribution in [1.29, 1.82) is 0 Å². The maximum atomic E-state index is 9.31. The lowest BCUT2D eigenvalue weighted by Crippen LogP contribution is -2.14. The predicted molar refractivity (Wildman–Crippen MR) is 46.9 cm³/mol. The Labute approximate surface area is 71.5 Å². The molecule has 1 aromatic rings. The predicted octanol–water partition coefficient (Wildman–Crippen LogP) is 0.693. The highest BCUT2D eigenvalue weighted by Crippen LogP contribution is 2.20. The number of benzene rings is 1. The van der Waals surface area contributed by atoms with Crippen molar-refractivity contribution in [2.24, 2.45) is 5.73 Å². The SMILES string of the molecule is Cc1ccc(C(N)CO)cc1O. The molecule has 0 saturated carbocycles. The van der Waals surface area contributed by atoms with E-state index in [9.17, 15) is 5.11 Å². The van der Waals surface area contributed by atoms with Crippen molar-refractivity contribution in [3.8, 4) is 5.75 Å². The highest BCUT2D eigenvalue weighted by molar-refractivity contribution is 5.36. The van der Waals surface area contributed by atoms with Gasteiger partial charge in [0.1, 0.15) is 5.75 Å². The van der Waals surface area contributed by atoms with Gasteiger partial charge in [0.15, 0.2) is 0 Å². The van der Waals surface area contributed by atoms with Gasteiger partial charge in [-0.1, -0.05) is 12.1 Å². The van der Waals surface area contributed by atoms with Crippen LogP contribution in [0, 0.1) is 6.92 Å². The topological polar surface area (TPSA) is 66.5 Å². The number of aromatic hydroxyl groups is 1. The van der Waals surface area contributed by atoms with Crippen LogP contribution in [0.15, 0.2) is 18.2 Å². The van der Waals surface area contributed by atoms with E-state index in [1.807, 2.05) is 6.92 Å². The van der Waals surface area contributed by atoms with Crippen molar-refractivity contribution in [2.45, 2.75) is 13.0 Å². The first kappa shape index (κ1) is 9.03. The molecule has 1 unspecified atom stereocenters. The molecule has 0 aliphatic heterocycles. The van der Waals surface area contributed by atoms with Gasteiger partial charge in [-0.05, 0) is 24.1 Å². The summed E-state index contributed by atoms with van der Waals surface area (Å²) in [4.78, 5) is 0. The van der Waals surface area contributed by atoms with Crippen LogP contribution in [-0.2, 0) is 0 Å². The largest absolute Gasteiger partial charge is 0.508 e. The van der Waals surface area contributed by atoms with E-state index in [1.165, 1.54) is 0 Å². The number of nitrogens with two attached hydrogens (primary N) is 1. The van der Waals surface area contributed by atoms with Gasteiger partial charge in [-0.3, -0.25) is 0 Å². The van der Waals surface area contributed by atoms with Crippen molar-refractivity contribution in [2.75, 3.05) is 6.61 Å². The average molecular weight is 167 g/mol. The molecule has 0 heterocycles. The number of aryl methyl sites for hydroxylation is 1. The third kappa shape index (κ3) is 1.75. The molecule has 0 aromatic heterocycles. The smallest absolute Gasteiger partial charge is 0.118 e. The molecule has 0 saturated heterocycles. The van der Waals surface area contributed by atoms with Gasteiger partial charge in [0.25, 0.3) is 0 Å². The molecular formula is C9H13NO2. The zero-order chi connectivity index (χ0) is 9.14. The van der Waals surface area contributed by atoms with Gasteiger partial charge in [-0.2, -0.15) is 0 Å². The lowest BCUT2D eigenvalue weighted by atomic mass is 10.1. The second-order valence-electron chi connectivity index (χ2n) is 2.83. The Hall–Kier alpha value is -1.06. The second kappa shape index (κ2) is 3.56. The van der Waals surface area contributed by atoms with Crippen LogP contribution in [-0.4, -0.2) is 16.8 Å². The fraction of sp³-hybridized carbons (Fsp3) is 0.333. The highest BCUT2D eigenvalue weighted by Gasteiger charge is 2.05. The molecule has 0 aliphatic rings. The Kier molecular flexibility index (Phi) is 2.68. The number of aliphatic hydroxyl groups is 1. The Balaban J connectivity index is 2.96. The number of aliphatic hydroxyl groups excluding tert-OH is 1. The molecule has 0 fully saturated rings. The summed E-state index contributed by atoms with van der Waals surface area (Å²) in [6, 6.07) is 4.75. The van der Waals surface area contributed by atoms with Gasteiger partial charge in [0.2, 0.25) is 0 Å². The first-order valence-corrected chi connectivity index (χ1v) is 3.81. The lowest BCUT2D eigenvalue weighted by molar-refractivity contribution is 0.268. The van der Waals surface area contributed by atoms with Crippen LogP contribution in [0.4, 0.5) is 0 Å². The molecule has 4 N–H and O–H groups in total. The Bertz CT molecular complexity index is 273. The average Bonchev–Trinajstić information content (AvgIpc) is 2.08. The van der Waals surface area contributed by atoms with Gasteiger partial charge in [0.05, 0.1) is 12.6 Å². The number of rotatable bonds is 2. The maximum Gasteiger partial charge on any atom is 0.118 e. The normalized spacial score (nSPS) is 12.9. The van der Waals surface area contributed by atoms with E-state index in [-0.39, 0.29) is 12.4 Å². The summed E-state index contributed by atoms with van der Waals surface area (Å²) in [5.41, 5.74) is 7.11. The van der Waals surface area contributed by atoms with Gasteiger partial charge in [-0.25, -0.2) is 0 Å². The fourth-order valence-electron chi connectivity index (χ4n) is 0.962. The molecule has 0 radical (unpaired) electrons. The molecule has 66 valence electrons. The molecule has 0 bridgehead atoms. The third-order valence-corrected chi connectivity index (χ3v) is 1.86. The van der Waals surface area contributed by atoms with Gasteiger partial charge in [0, 0.05) is 0 Å². The number of phenols is 1. The maximum absolute atomic E-state index is 9.31. The van der Waals surface area contributed by atoms with E-state index in [1.54, 1.807) is 18.2 Å². The summed E-state index contributed by atoms with van der Waals surface area (Å²) < 4.78 is 0. The molecule has 0 aliphatic carbocycles. The summed E-state index contributed by atoms with van der Waals surface area (Å²) >= 11 is 0. The second-order valence-corrected chi connectivity index (χ2v) is 2.83. The molecule has 3 nitrogen and oxygen atoms in total. The van der Waals surface area contributed by atoms with Gasteiger partial charge >= 0.3 is 0 Å². The van der Waals surface area contributed by atoms with Crippen LogP contribution < -0.4 is 5.73 Å². The minimum Gasteiger partial charge on any atom is -0.508 e. The Morgan fingerprint density at radius 3 is 2.67 bits per heavy atom. The summed E-state index contributed by atoms with van der Waals surface area (Å²) in [6.07, 6.45) is 0. The van der Waals surface area contributed by atoms with Crippen molar-refractivity contribution in [1.82, 2.24) is 0 Å². The van der Waals surface area contributed by atoms with Crippen molar-refractivity contribution < 1.29 is 10.2 Å². The van der Waals surface area contributed by atoms with Crippen molar-refractivity contribution in [3.63, 3.8) is 0 Å². The summed E-state index contributed by atoms with van der Waals surface area (Å²) in [5.74, 6) is 0.219. The number of phenolic OH excluding ortho intramolecular Hbond substituents is 1. The minimum absolute atomic E-state index is 0.109. The summed E-state index contributed by atoms with van der Waals surface area (Å²) in [6.45, 7) is 1.70. The monoisotopic (exact) mass is 167 g/mol. The lowest BCUT2D eigenvalue weighted by Gasteiger charge is -2.09. The van der Waals surface area contributed by atoms with E-state index >= 15 is 0 Å². The Morgan fingerprint density at radius 2 is 2.17 bits per heavy atom. The van der Waals surface area contributed by atoms with Crippen LogP contribution >= 0.6 is 0 Å². The zero-order valence-corrected chi connectivity index (χ0v) is 6.99. The van der Waals surface area contributed by atoms with E-state index in [0.717, 1.165) is 11.1 Å². The molecule has 3 heteroatoms. The van der Waals surface area contributed by atoms with Crippen LogP contribution in [0.1, 0.15) is 17.2 Å². The van der Waals surface area contributed by atoms with Crippen LogP contribution in [0.3, 0.4) is 0 Å². The van der Waals surface area contributed by atoms with E-state index in [0.29, 0.717) is 0 Å². The first-order chi connectivity index (χ1) is 5.65. The van der Waals surface area contributed by atoms with E-state index < -0.39 is 6.04 Å². The molecule has 12 heavy (non-hydrogen) atoms. The van der Waals surface area contributed by atoms with E-state index in [2.05, 4.69) is 0 Å². The van der Waals surface area contributed by atoms with Crippen molar-refractivity contribution >= 4 is 0 Å². The van der Waals surface area contributed by atoms with Crippen LogP contribution in [0.25, 0.3) is 0 Å². The molecule has 0 amide bonds. The summed E-state index contributed by atoms with van der Waals surface area (Å²) in [7, 11) is 0. The van der Waals surface area contributed by atoms with Crippen LogP contribution in [0.5, 0.6) is 5.75 Å². The molecule has 1 aromatic carbocycles. The molecule has 0 spiro atoms. The molecule has 1 rings (SSSR count). The minimum atomic E-state index is -0.406. The zero-order valence-electron chi connectivity index (χ0n) is 6.99. The van der Waals surface area contributed by atoms with Crippen molar-refractivity contribution in [3.05, 3.63) is 29.3 Å². The summed E-state index contributed by atoms with van der Waals surface area (Å²) in [5, 5.41) is 18.0. The fourth-order valence-corrected chi connectivity index (χ4v) is 0.962. The Morgan fingerprint density at radius 1 is 1.50 bits per heavy atom. The molecular weight excluding hydrogens is 154 g/mol. The number of hydrogen-bond donors (Lipinski definition) is 3. The third-order valence-electron chi connectivity index (χ3n) is 1.86. The number of hydrogen-bond acceptors (Lipinski definition) is 3. The first-order valence-electron chi connectivity index (χ1n) is 3.81. The van der Waals surface area contributed by atoms with E-state index in [4.69, 9.17) is 10.8 Å². The van der Waals surface area contributed by atoms with Crippen LogP contribution in [0.2, 0.25) is 0 Å². The molecule has 1 atom stereocenters. The highest BCUT2D eigenvalue weighted by atomic mass is 16.3. The van der Waals surface area contributed by atoms with Gasteiger partial charge < -0.3 is 15.9 Å². The quantitative estimate of drug-likeness (QED) is 0.607. The van der Waals surface area contributed by atoms with Gasteiger partial charge in [-0.15, -0.1) is 0 Å². The standard InChI is InChI=1S/C9H13NO2/c1-6-2-3-7(4-9(6)12)8(10)5-11/h2-4,8,11-12H,5,10H2,1H3.